The summed E-state index contributed by atoms with van der Waals surface area (Å²) < 4.78 is 28.0. The summed E-state index contributed by atoms with van der Waals surface area (Å²) in [5, 5.41) is 8.68. The normalized spacial score (nSPS) is 14.5. The zero-order chi connectivity index (χ0) is 23.2. The predicted octanol–water partition coefficient (Wildman–Crippen LogP) is 2.82. The molecule has 1 unspecified atom stereocenters. The molecular formula is C22H27F2N5O2. The Hall–Kier alpha value is -3.49. The van der Waals surface area contributed by atoms with Crippen molar-refractivity contribution in [2.75, 3.05) is 6.54 Å². The Bertz CT molecular complexity index is 1040. The van der Waals surface area contributed by atoms with E-state index in [1.807, 2.05) is 13.8 Å². The van der Waals surface area contributed by atoms with Gasteiger partial charge in [0, 0.05) is 29.4 Å². The van der Waals surface area contributed by atoms with Crippen LogP contribution in [0.25, 0.3) is 5.70 Å². The maximum atomic E-state index is 14.0. The fraction of sp³-hybridized carbons (Fsp3) is 0.318. The van der Waals surface area contributed by atoms with Crippen LogP contribution in [0.15, 0.2) is 52.5 Å². The minimum Gasteiger partial charge on any atom is -0.401 e. The van der Waals surface area contributed by atoms with Gasteiger partial charge in [-0.1, -0.05) is 26.3 Å². The molecule has 166 valence electrons. The van der Waals surface area contributed by atoms with Gasteiger partial charge in [0.1, 0.15) is 17.3 Å². The highest BCUT2D eigenvalue weighted by molar-refractivity contribution is 5.92. The van der Waals surface area contributed by atoms with E-state index in [4.69, 9.17) is 11.5 Å². The SMILES string of the molecule is CCCC(C)(CNC(=O)c1ccc(=O)[nH]n1)/C(N)=C(C)/C=C(\N)c1c(F)cccc1F. The third kappa shape index (κ3) is 5.78. The Kier molecular flexibility index (Phi) is 7.68. The topological polar surface area (TPSA) is 127 Å². The first kappa shape index (κ1) is 23.8. The number of nitrogens with two attached hydrogens (primary N) is 2. The number of H-pyrrole nitrogens is 1. The molecule has 1 heterocycles. The van der Waals surface area contributed by atoms with Crippen LogP contribution in [0.2, 0.25) is 0 Å². The number of aromatic amines is 1. The summed E-state index contributed by atoms with van der Waals surface area (Å²) in [7, 11) is 0. The van der Waals surface area contributed by atoms with Crippen LogP contribution in [0.3, 0.4) is 0 Å². The van der Waals surface area contributed by atoms with E-state index in [-0.39, 0.29) is 23.5 Å². The number of halogens is 2. The predicted molar refractivity (Wildman–Crippen MR) is 116 cm³/mol. The highest BCUT2D eigenvalue weighted by Crippen LogP contribution is 2.32. The molecule has 0 aliphatic carbocycles. The van der Waals surface area contributed by atoms with Crippen molar-refractivity contribution in [2.45, 2.75) is 33.6 Å². The van der Waals surface area contributed by atoms with Crippen LogP contribution >= 0.6 is 0 Å². The zero-order valence-corrected chi connectivity index (χ0v) is 17.8. The number of amides is 1. The lowest BCUT2D eigenvalue weighted by molar-refractivity contribution is 0.0931. The van der Waals surface area contributed by atoms with E-state index < -0.39 is 28.5 Å². The highest BCUT2D eigenvalue weighted by atomic mass is 19.1. The van der Waals surface area contributed by atoms with Crippen molar-refractivity contribution in [1.29, 1.82) is 0 Å². The maximum Gasteiger partial charge on any atom is 0.271 e. The van der Waals surface area contributed by atoms with Crippen LogP contribution in [0.1, 0.15) is 49.7 Å². The molecule has 31 heavy (non-hydrogen) atoms. The standard InChI is InChI=1S/C22H27F2N5O2/c1-4-10-22(3,12-27-21(31)17-8-9-18(30)29-28-17)20(26)13(2)11-16(25)19-14(23)6-5-7-15(19)24/h5-9,11H,4,10,12,25-26H2,1-3H3,(H,27,31)(H,29,30)/b16-11-,20-13-. The first-order chi connectivity index (χ1) is 14.6. The van der Waals surface area contributed by atoms with Gasteiger partial charge in [-0.05, 0) is 43.2 Å². The van der Waals surface area contributed by atoms with Crippen molar-refractivity contribution >= 4 is 11.6 Å². The quantitative estimate of drug-likeness (QED) is 0.478. The molecule has 0 aliphatic heterocycles. The van der Waals surface area contributed by atoms with Crippen LogP contribution in [-0.2, 0) is 0 Å². The van der Waals surface area contributed by atoms with Crippen LogP contribution in [0.5, 0.6) is 0 Å². The number of nitrogens with one attached hydrogen (secondary N) is 2. The lowest BCUT2D eigenvalue weighted by atomic mass is 9.80. The number of nitrogens with zero attached hydrogens (tertiary/aromatic N) is 1. The van der Waals surface area contributed by atoms with Crippen molar-refractivity contribution in [3.8, 4) is 0 Å². The monoisotopic (exact) mass is 431 g/mol. The summed E-state index contributed by atoms with van der Waals surface area (Å²) in [6, 6.07) is 6.05. The van der Waals surface area contributed by atoms with Gasteiger partial charge in [0.2, 0.25) is 0 Å². The third-order valence-electron chi connectivity index (χ3n) is 5.05. The zero-order valence-electron chi connectivity index (χ0n) is 17.8. The second-order valence-corrected chi connectivity index (χ2v) is 7.59. The first-order valence-corrected chi connectivity index (χ1v) is 9.81. The maximum absolute atomic E-state index is 14.0. The average Bonchev–Trinajstić information content (AvgIpc) is 2.72. The number of rotatable bonds is 8. The van der Waals surface area contributed by atoms with Crippen LogP contribution < -0.4 is 22.3 Å². The van der Waals surface area contributed by atoms with Gasteiger partial charge in [0.05, 0.1) is 5.56 Å². The molecule has 0 radical (unpaired) electrons. The van der Waals surface area contributed by atoms with Gasteiger partial charge in [0.15, 0.2) is 0 Å². The summed E-state index contributed by atoms with van der Waals surface area (Å²) in [5.41, 5.74) is 11.9. The molecule has 2 aromatic rings. The molecule has 0 fully saturated rings. The number of hydrogen-bond acceptors (Lipinski definition) is 5. The summed E-state index contributed by atoms with van der Waals surface area (Å²) in [5.74, 6) is -2.00. The minimum absolute atomic E-state index is 0.0666. The molecular weight excluding hydrogens is 404 g/mol. The molecule has 7 nitrogen and oxygen atoms in total. The molecule has 0 bridgehead atoms. The molecule has 0 saturated carbocycles. The molecule has 0 spiro atoms. The van der Waals surface area contributed by atoms with Crippen LogP contribution in [0.4, 0.5) is 8.78 Å². The average molecular weight is 431 g/mol. The summed E-state index contributed by atoms with van der Waals surface area (Å²) in [6.07, 6.45) is 2.84. The van der Waals surface area contributed by atoms with Crippen molar-refractivity contribution < 1.29 is 13.6 Å². The Morgan fingerprint density at radius 1 is 1.23 bits per heavy atom. The lowest BCUT2D eigenvalue weighted by Crippen LogP contribution is -2.40. The number of carbonyl (C=O) groups is 1. The molecule has 6 N–H and O–H groups in total. The fourth-order valence-corrected chi connectivity index (χ4v) is 3.34. The van der Waals surface area contributed by atoms with Gasteiger partial charge in [0.25, 0.3) is 11.5 Å². The van der Waals surface area contributed by atoms with Crippen LogP contribution in [0, 0.1) is 17.0 Å². The lowest BCUT2D eigenvalue weighted by Gasteiger charge is -2.31. The van der Waals surface area contributed by atoms with E-state index in [9.17, 15) is 18.4 Å². The van der Waals surface area contributed by atoms with Gasteiger partial charge in [-0.2, -0.15) is 5.10 Å². The van der Waals surface area contributed by atoms with Crippen molar-refractivity contribution in [3.63, 3.8) is 0 Å². The smallest absolute Gasteiger partial charge is 0.271 e. The first-order valence-electron chi connectivity index (χ1n) is 9.81. The van der Waals surface area contributed by atoms with Gasteiger partial charge >= 0.3 is 0 Å². The summed E-state index contributed by atoms with van der Waals surface area (Å²) in [6.45, 7) is 5.74. The van der Waals surface area contributed by atoms with E-state index in [1.165, 1.54) is 24.3 Å². The molecule has 9 heteroatoms. The molecule has 1 aromatic carbocycles. The molecule has 1 atom stereocenters. The number of benzene rings is 1. The molecule has 0 aliphatic rings. The van der Waals surface area contributed by atoms with E-state index in [2.05, 4.69) is 15.5 Å². The van der Waals surface area contributed by atoms with Gasteiger partial charge < -0.3 is 16.8 Å². The summed E-state index contributed by atoms with van der Waals surface area (Å²) in [4.78, 5) is 23.5. The van der Waals surface area contributed by atoms with E-state index in [1.54, 1.807) is 6.92 Å². The fourth-order valence-electron chi connectivity index (χ4n) is 3.34. The van der Waals surface area contributed by atoms with E-state index in [0.29, 0.717) is 17.7 Å². The highest BCUT2D eigenvalue weighted by Gasteiger charge is 2.29. The van der Waals surface area contributed by atoms with Gasteiger partial charge in [-0.25, -0.2) is 13.9 Å². The van der Waals surface area contributed by atoms with E-state index in [0.717, 1.165) is 18.6 Å². The Balaban J connectivity index is 2.30. The van der Waals surface area contributed by atoms with Gasteiger partial charge in [-0.15, -0.1) is 0 Å². The summed E-state index contributed by atoms with van der Waals surface area (Å²) >= 11 is 0. The third-order valence-corrected chi connectivity index (χ3v) is 5.05. The number of hydrogen-bond donors (Lipinski definition) is 4. The number of carbonyl (C=O) groups excluding carboxylic acids is 1. The van der Waals surface area contributed by atoms with Crippen molar-refractivity contribution in [3.05, 3.63) is 80.9 Å². The van der Waals surface area contributed by atoms with E-state index >= 15 is 0 Å². The number of aromatic nitrogens is 2. The minimum atomic E-state index is -0.767. The van der Waals surface area contributed by atoms with Crippen molar-refractivity contribution in [1.82, 2.24) is 15.5 Å². The second kappa shape index (κ2) is 10.0. The molecule has 1 aromatic heterocycles. The Labute approximate surface area is 179 Å². The molecule has 2 rings (SSSR count). The largest absolute Gasteiger partial charge is 0.401 e. The Morgan fingerprint density at radius 3 is 2.42 bits per heavy atom. The second-order valence-electron chi connectivity index (χ2n) is 7.59. The number of allylic oxidation sites excluding steroid dienone is 2. The Morgan fingerprint density at radius 2 is 1.87 bits per heavy atom. The molecule has 0 saturated heterocycles. The molecule has 1 amide bonds. The van der Waals surface area contributed by atoms with Crippen LogP contribution in [-0.4, -0.2) is 22.6 Å². The van der Waals surface area contributed by atoms with Crippen molar-refractivity contribution in [2.24, 2.45) is 16.9 Å². The van der Waals surface area contributed by atoms with Gasteiger partial charge in [-0.3, -0.25) is 9.59 Å².